The van der Waals surface area contributed by atoms with Gasteiger partial charge in [0.25, 0.3) is 0 Å². The largest absolute Gasteiger partial charge is 0.348 e. The summed E-state index contributed by atoms with van der Waals surface area (Å²) < 4.78 is 0. The molecule has 2 amide bonds. The Hall–Kier alpha value is -2.24. The van der Waals surface area contributed by atoms with Crippen molar-refractivity contribution in [2.24, 2.45) is 11.8 Å². The first kappa shape index (κ1) is 18.5. The summed E-state index contributed by atoms with van der Waals surface area (Å²) in [5.41, 5.74) is 2.70. The van der Waals surface area contributed by atoms with Gasteiger partial charge in [-0.3, -0.25) is 9.59 Å². The first-order valence-corrected chi connectivity index (χ1v) is 9.46. The number of hydrogen-bond acceptors (Lipinski definition) is 4. The molecule has 2 aliphatic rings. The van der Waals surface area contributed by atoms with Gasteiger partial charge in [0.05, 0.1) is 12.5 Å². The molecule has 0 spiro atoms. The zero-order valence-corrected chi connectivity index (χ0v) is 15.9. The number of carbonyl (C=O) groups is 2. The molecule has 1 aromatic heterocycles. The minimum atomic E-state index is -0.162. The predicted octanol–water partition coefficient (Wildman–Crippen LogP) is 1.74. The van der Waals surface area contributed by atoms with Gasteiger partial charge in [-0.25, -0.2) is 9.97 Å². The van der Waals surface area contributed by atoms with Crippen LogP contribution in [-0.4, -0.2) is 45.8 Å². The predicted molar refractivity (Wildman–Crippen MR) is 99.5 cm³/mol. The van der Waals surface area contributed by atoms with Gasteiger partial charge in [0.1, 0.15) is 5.82 Å². The van der Waals surface area contributed by atoms with Crippen LogP contribution in [0.3, 0.4) is 0 Å². The molecule has 0 radical (unpaired) electrons. The Morgan fingerprint density at radius 2 is 1.88 bits per heavy atom. The molecule has 1 aliphatic heterocycles. The van der Waals surface area contributed by atoms with Crippen LogP contribution in [0.2, 0.25) is 0 Å². The van der Waals surface area contributed by atoms with Gasteiger partial charge in [-0.2, -0.15) is 0 Å². The number of aryl methyl sites for hydroxylation is 3. The maximum atomic E-state index is 12.9. The van der Waals surface area contributed by atoms with E-state index in [-0.39, 0.29) is 17.9 Å². The summed E-state index contributed by atoms with van der Waals surface area (Å²) in [6, 6.07) is 0.0258. The zero-order valence-electron chi connectivity index (χ0n) is 15.9. The molecule has 6 heteroatoms. The molecule has 1 N–H and O–H groups in total. The molecule has 2 atom stereocenters. The van der Waals surface area contributed by atoms with Crippen molar-refractivity contribution in [1.82, 2.24) is 20.2 Å². The van der Waals surface area contributed by atoms with Crippen LogP contribution < -0.4 is 5.32 Å². The molecule has 2 heterocycles. The second-order valence-corrected chi connectivity index (χ2v) is 7.44. The van der Waals surface area contributed by atoms with Gasteiger partial charge >= 0.3 is 0 Å². The summed E-state index contributed by atoms with van der Waals surface area (Å²) in [7, 11) is 0. The molecule has 2 fully saturated rings. The van der Waals surface area contributed by atoms with E-state index in [0.717, 1.165) is 35.7 Å². The minimum absolute atomic E-state index is 0.0258. The van der Waals surface area contributed by atoms with E-state index in [1.54, 1.807) is 0 Å². The third-order valence-corrected chi connectivity index (χ3v) is 5.57. The minimum Gasteiger partial charge on any atom is -0.348 e. The summed E-state index contributed by atoms with van der Waals surface area (Å²) in [6.45, 7) is 10.7. The van der Waals surface area contributed by atoms with Crippen molar-refractivity contribution in [1.29, 1.82) is 0 Å². The fraction of sp³-hybridized carbons (Fsp3) is 0.600. The van der Waals surface area contributed by atoms with Crippen molar-refractivity contribution in [2.75, 3.05) is 13.1 Å². The lowest BCUT2D eigenvalue weighted by molar-refractivity contribution is -0.129. The van der Waals surface area contributed by atoms with E-state index in [0.29, 0.717) is 24.8 Å². The molecule has 1 saturated heterocycles. The first-order valence-electron chi connectivity index (χ1n) is 9.46. The summed E-state index contributed by atoms with van der Waals surface area (Å²) in [5.74, 6) is 1.72. The van der Waals surface area contributed by atoms with Gasteiger partial charge in [0.2, 0.25) is 11.8 Å². The number of rotatable bonds is 6. The van der Waals surface area contributed by atoms with Crippen molar-refractivity contribution >= 4 is 11.8 Å². The highest BCUT2D eigenvalue weighted by molar-refractivity contribution is 5.87. The molecule has 1 saturated carbocycles. The topological polar surface area (TPSA) is 75.2 Å². The molecule has 1 aliphatic carbocycles. The summed E-state index contributed by atoms with van der Waals surface area (Å²) >= 11 is 0. The highest BCUT2D eigenvalue weighted by atomic mass is 16.2. The molecule has 6 nitrogen and oxygen atoms in total. The molecule has 0 bridgehead atoms. The van der Waals surface area contributed by atoms with Crippen molar-refractivity contribution in [3.8, 4) is 0 Å². The standard InChI is InChI=1S/C20H28N4O2/c1-5-18-21-12(3)15(13(4)22-18)9-20(26)24-10-16(14-7-8-14)17(11-24)23-19(25)6-2/h6,14,16-17H,2,5,7-11H2,1,3-4H3,(H,23,25)/t16-,17+/m0/s1. The average molecular weight is 356 g/mol. The Bertz CT molecular complexity index is 704. The van der Waals surface area contributed by atoms with E-state index in [1.165, 1.54) is 18.9 Å². The van der Waals surface area contributed by atoms with Crippen LogP contribution in [0.5, 0.6) is 0 Å². The van der Waals surface area contributed by atoms with E-state index in [4.69, 9.17) is 0 Å². The number of amides is 2. The number of carbonyl (C=O) groups excluding carboxylic acids is 2. The van der Waals surface area contributed by atoms with Crippen molar-refractivity contribution < 1.29 is 9.59 Å². The zero-order chi connectivity index (χ0) is 18.8. The molecule has 1 aromatic rings. The van der Waals surface area contributed by atoms with Gasteiger partial charge in [0, 0.05) is 42.4 Å². The fourth-order valence-electron chi connectivity index (χ4n) is 3.91. The van der Waals surface area contributed by atoms with Crippen LogP contribution in [-0.2, 0) is 22.4 Å². The Balaban J connectivity index is 1.70. The SMILES string of the molecule is C=CC(=O)N[C@@H]1CN(C(=O)Cc2c(C)nc(CC)nc2C)C[C@H]1C1CC1. The Morgan fingerprint density at radius 3 is 2.42 bits per heavy atom. The fourth-order valence-corrected chi connectivity index (χ4v) is 3.91. The van der Waals surface area contributed by atoms with E-state index >= 15 is 0 Å². The monoisotopic (exact) mass is 356 g/mol. The maximum absolute atomic E-state index is 12.9. The van der Waals surface area contributed by atoms with Gasteiger partial charge in [-0.05, 0) is 38.7 Å². The summed E-state index contributed by atoms with van der Waals surface area (Å²) in [4.78, 5) is 35.5. The third kappa shape index (κ3) is 3.94. The molecular weight excluding hydrogens is 328 g/mol. The van der Waals surface area contributed by atoms with E-state index in [1.807, 2.05) is 25.7 Å². The number of nitrogens with one attached hydrogen (secondary N) is 1. The first-order chi connectivity index (χ1) is 12.4. The normalized spacial score (nSPS) is 22.3. The van der Waals surface area contributed by atoms with Gasteiger partial charge in [0.15, 0.2) is 0 Å². The van der Waals surface area contributed by atoms with Crippen LogP contribution in [0, 0.1) is 25.7 Å². The second kappa shape index (κ2) is 7.56. The van der Waals surface area contributed by atoms with Gasteiger partial charge < -0.3 is 10.2 Å². The Kier molecular flexibility index (Phi) is 5.39. The molecule has 3 rings (SSSR count). The number of hydrogen-bond donors (Lipinski definition) is 1. The lowest BCUT2D eigenvalue weighted by atomic mass is 9.98. The quantitative estimate of drug-likeness (QED) is 0.788. The van der Waals surface area contributed by atoms with Crippen LogP contribution in [0.25, 0.3) is 0 Å². The number of aromatic nitrogens is 2. The smallest absolute Gasteiger partial charge is 0.243 e. The van der Waals surface area contributed by atoms with Crippen LogP contribution in [0.1, 0.15) is 42.5 Å². The van der Waals surface area contributed by atoms with Gasteiger partial charge in [-0.1, -0.05) is 13.5 Å². The van der Waals surface area contributed by atoms with E-state index in [2.05, 4.69) is 21.9 Å². The van der Waals surface area contributed by atoms with E-state index in [9.17, 15) is 9.59 Å². The average Bonchev–Trinajstić information content (AvgIpc) is 3.38. The highest BCUT2D eigenvalue weighted by Crippen LogP contribution is 2.41. The molecular formula is C20H28N4O2. The number of likely N-dealkylation sites (tertiary alicyclic amines) is 1. The second-order valence-electron chi connectivity index (χ2n) is 7.44. The van der Waals surface area contributed by atoms with Crippen molar-refractivity contribution in [3.63, 3.8) is 0 Å². The lowest BCUT2D eigenvalue weighted by Gasteiger charge is -2.18. The molecule has 0 aromatic carbocycles. The van der Waals surface area contributed by atoms with Crippen LogP contribution in [0.15, 0.2) is 12.7 Å². The Labute approximate surface area is 155 Å². The molecule has 0 unspecified atom stereocenters. The lowest BCUT2D eigenvalue weighted by Crippen LogP contribution is -2.41. The third-order valence-electron chi connectivity index (χ3n) is 5.57. The van der Waals surface area contributed by atoms with Gasteiger partial charge in [-0.15, -0.1) is 0 Å². The molecule has 26 heavy (non-hydrogen) atoms. The maximum Gasteiger partial charge on any atom is 0.243 e. The van der Waals surface area contributed by atoms with Crippen LogP contribution in [0.4, 0.5) is 0 Å². The van der Waals surface area contributed by atoms with Crippen molar-refractivity contribution in [3.05, 3.63) is 35.4 Å². The van der Waals surface area contributed by atoms with Crippen LogP contribution >= 0.6 is 0 Å². The Morgan fingerprint density at radius 1 is 1.23 bits per heavy atom. The number of nitrogens with zero attached hydrogens (tertiary/aromatic N) is 3. The molecule has 140 valence electrons. The summed E-state index contributed by atoms with van der Waals surface area (Å²) in [6.07, 6.45) is 4.79. The highest BCUT2D eigenvalue weighted by Gasteiger charge is 2.44. The van der Waals surface area contributed by atoms with Crippen molar-refractivity contribution in [2.45, 2.75) is 52.5 Å². The van der Waals surface area contributed by atoms with E-state index < -0.39 is 0 Å². The summed E-state index contributed by atoms with van der Waals surface area (Å²) in [5, 5.41) is 3.01.